The second-order valence-electron chi connectivity index (χ2n) is 4.73. The van der Waals surface area contributed by atoms with Gasteiger partial charge in [-0.2, -0.15) is 0 Å². The Labute approximate surface area is 117 Å². The first-order chi connectivity index (χ1) is 9.67. The van der Waals surface area contributed by atoms with Crippen LogP contribution < -0.4 is 5.32 Å². The number of hydrogen-bond donors (Lipinski definition) is 1. The van der Waals surface area contributed by atoms with Crippen molar-refractivity contribution < 1.29 is 8.78 Å². The Morgan fingerprint density at radius 3 is 2.85 bits per heavy atom. The maximum Gasteiger partial charge on any atom is 0.163 e. The highest BCUT2D eigenvalue weighted by atomic mass is 19.2. The first kappa shape index (κ1) is 14.7. The number of rotatable bonds is 6. The van der Waals surface area contributed by atoms with Crippen LogP contribution in [0.3, 0.4) is 0 Å². The Morgan fingerprint density at radius 2 is 2.15 bits per heavy atom. The van der Waals surface area contributed by atoms with E-state index in [2.05, 4.69) is 17.2 Å². The van der Waals surface area contributed by atoms with Crippen molar-refractivity contribution in [3.8, 4) is 0 Å². The largest absolute Gasteiger partial charge is 0.333 e. The maximum atomic E-state index is 13.9. The lowest BCUT2D eigenvalue weighted by Crippen LogP contribution is -2.24. The van der Waals surface area contributed by atoms with Crippen LogP contribution in [0.1, 0.15) is 30.8 Å². The van der Waals surface area contributed by atoms with Crippen molar-refractivity contribution in [3.63, 3.8) is 0 Å². The monoisotopic (exact) mass is 279 g/mol. The predicted molar refractivity (Wildman–Crippen MR) is 74.4 cm³/mol. The molecule has 0 aliphatic carbocycles. The molecule has 0 saturated carbocycles. The summed E-state index contributed by atoms with van der Waals surface area (Å²) in [6.07, 6.45) is 5.47. The Hall–Kier alpha value is -1.75. The minimum absolute atomic E-state index is 0.296. The maximum absolute atomic E-state index is 13.9. The molecule has 0 bridgehead atoms. The number of benzene rings is 1. The molecule has 2 aromatic rings. The first-order valence-corrected chi connectivity index (χ1v) is 6.78. The molecule has 1 heterocycles. The Kier molecular flexibility index (Phi) is 4.84. The molecule has 1 N–H and O–H groups in total. The molecule has 1 aromatic carbocycles. The van der Waals surface area contributed by atoms with Crippen LogP contribution in [0.2, 0.25) is 0 Å². The summed E-state index contributed by atoms with van der Waals surface area (Å²) >= 11 is 0. The molecule has 1 atom stereocenters. The highest BCUT2D eigenvalue weighted by Crippen LogP contribution is 2.21. The van der Waals surface area contributed by atoms with Gasteiger partial charge in [0.05, 0.1) is 6.04 Å². The number of hydrogen-bond acceptors (Lipinski definition) is 2. The molecular weight excluding hydrogens is 260 g/mol. The summed E-state index contributed by atoms with van der Waals surface area (Å²) < 4.78 is 29.2. The van der Waals surface area contributed by atoms with Crippen LogP contribution in [-0.4, -0.2) is 16.6 Å². The van der Waals surface area contributed by atoms with Crippen molar-refractivity contribution in [2.75, 3.05) is 7.05 Å². The Bertz CT molecular complexity index is 566. The van der Waals surface area contributed by atoms with Gasteiger partial charge in [-0.15, -0.1) is 0 Å². The van der Waals surface area contributed by atoms with Gasteiger partial charge in [0.25, 0.3) is 0 Å². The fraction of sp³-hybridized carbons (Fsp3) is 0.400. The van der Waals surface area contributed by atoms with Gasteiger partial charge in [-0.25, -0.2) is 13.8 Å². The van der Waals surface area contributed by atoms with Gasteiger partial charge >= 0.3 is 0 Å². The third kappa shape index (κ3) is 3.04. The van der Waals surface area contributed by atoms with Crippen LogP contribution in [0, 0.1) is 11.6 Å². The SMILES string of the molecule is CCCc1nccn1CC(NC)c1cccc(F)c1F. The van der Waals surface area contributed by atoms with Crippen LogP contribution in [0.25, 0.3) is 0 Å². The zero-order valence-electron chi connectivity index (χ0n) is 11.7. The second-order valence-corrected chi connectivity index (χ2v) is 4.73. The average molecular weight is 279 g/mol. The fourth-order valence-electron chi connectivity index (χ4n) is 2.29. The standard InChI is InChI=1S/C15H19F2N3/c1-3-5-14-19-8-9-20(14)10-13(18-2)11-6-4-7-12(16)15(11)17/h4,6-9,13,18H,3,5,10H2,1-2H3. The summed E-state index contributed by atoms with van der Waals surface area (Å²) in [5, 5.41) is 3.04. The van der Waals surface area contributed by atoms with Crippen molar-refractivity contribution in [2.45, 2.75) is 32.4 Å². The summed E-state index contributed by atoms with van der Waals surface area (Å²) in [6, 6.07) is 3.97. The van der Waals surface area contributed by atoms with E-state index in [0.29, 0.717) is 12.1 Å². The molecule has 108 valence electrons. The zero-order chi connectivity index (χ0) is 14.5. The normalized spacial score (nSPS) is 12.6. The van der Waals surface area contributed by atoms with Crippen molar-refractivity contribution >= 4 is 0 Å². The lowest BCUT2D eigenvalue weighted by atomic mass is 10.1. The quantitative estimate of drug-likeness (QED) is 0.880. The highest BCUT2D eigenvalue weighted by molar-refractivity contribution is 5.22. The van der Waals surface area contributed by atoms with Gasteiger partial charge in [-0.3, -0.25) is 0 Å². The summed E-state index contributed by atoms with van der Waals surface area (Å²) in [7, 11) is 1.74. The van der Waals surface area contributed by atoms with E-state index in [1.165, 1.54) is 6.07 Å². The smallest absolute Gasteiger partial charge is 0.163 e. The van der Waals surface area contributed by atoms with Gasteiger partial charge in [0, 0.05) is 30.9 Å². The number of imidazole rings is 1. The molecule has 3 nitrogen and oxygen atoms in total. The van der Waals surface area contributed by atoms with Crippen LogP contribution in [0.4, 0.5) is 8.78 Å². The third-order valence-corrected chi connectivity index (χ3v) is 3.36. The minimum Gasteiger partial charge on any atom is -0.333 e. The van der Waals surface area contributed by atoms with Crippen LogP contribution in [0.15, 0.2) is 30.6 Å². The number of nitrogens with one attached hydrogen (secondary N) is 1. The van der Waals surface area contributed by atoms with Gasteiger partial charge in [0.2, 0.25) is 0 Å². The summed E-state index contributed by atoms with van der Waals surface area (Å²) in [6.45, 7) is 2.60. The number of aryl methyl sites for hydroxylation is 1. The summed E-state index contributed by atoms with van der Waals surface area (Å²) in [5.74, 6) is -0.643. The molecule has 0 amide bonds. The third-order valence-electron chi connectivity index (χ3n) is 3.36. The van der Waals surface area contributed by atoms with Crippen molar-refractivity contribution in [3.05, 3.63) is 53.6 Å². The van der Waals surface area contributed by atoms with E-state index in [1.54, 1.807) is 19.3 Å². The second kappa shape index (κ2) is 6.61. The zero-order valence-corrected chi connectivity index (χ0v) is 11.7. The Balaban J connectivity index is 2.24. The summed E-state index contributed by atoms with van der Waals surface area (Å²) in [5.41, 5.74) is 0.337. The average Bonchev–Trinajstić information content (AvgIpc) is 2.87. The van der Waals surface area contributed by atoms with E-state index in [0.717, 1.165) is 24.7 Å². The predicted octanol–water partition coefficient (Wildman–Crippen LogP) is 3.07. The molecule has 0 aliphatic rings. The number of halogens is 2. The number of nitrogens with zero attached hydrogens (tertiary/aromatic N) is 2. The van der Waals surface area contributed by atoms with E-state index in [1.807, 2.05) is 10.8 Å². The van der Waals surface area contributed by atoms with Crippen molar-refractivity contribution in [1.82, 2.24) is 14.9 Å². The number of aromatic nitrogens is 2. The van der Waals surface area contributed by atoms with Gasteiger partial charge < -0.3 is 9.88 Å². The van der Waals surface area contributed by atoms with Gasteiger partial charge in [-0.1, -0.05) is 19.1 Å². The molecule has 1 unspecified atom stereocenters. The van der Waals surface area contributed by atoms with Crippen LogP contribution >= 0.6 is 0 Å². The van der Waals surface area contributed by atoms with E-state index >= 15 is 0 Å². The topological polar surface area (TPSA) is 29.9 Å². The molecule has 0 radical (unpaired) electrons. The molecule has 1 aromatic heterocycles. The molecule has 20 heavy (non-hydrogen) atoms. The first-order valence-electron chi connectivity index (χ1n) is 6.78. The molecule has 2 rings (SSSR count). The lowest BCUT2D eigenvalue weighted by molar-refractivity contribution is 0.441. The van der Waals surface area contributed by atoms with Crippen LogP contribution in [-0.2, 0) is 13.0 Å². The van der Waals surface area contributed by atoms with Crippen molar-refractivity contribution in [2.24, 2.45) is 0 Å². The van der Waals surface area contributed by atoms with E-state index in [4.69, 9.17) is 0 Å². The lowest BCUT2D eigenvalue weighted by Gasteiger charge is -2.19. The molecule has 5 heteroatoms. The van der Waals surface area contributed by atoms with Crippen molar-refractivity contribution in [1.29, 1.82) is 0 Å². The Morgan fingerprint density at radius 1 is 1.35 bits per heavy atom. The molecular formula is C15H19F2N3. The van der Waals surface area contributed by atoms with Gasteiger partial charge in [-0.05, 0) is 19.5 Å². The number of likely N-dealkylation sites (N-methyl/N-ethyl adjacent to an activating group) is 1. The molecule has 0 aliphatic heterocycles. The fourth-order valence-corrected chi connectivity index (χ4v) is 2.29. The summed E-state index contributed by atoms with van der Waals surface area (Å²) in [4.78, 5) is 4.29. The van der Waals surface area contributed by atoms with Crippen LogP contribution in [0.5, 0.6) is 0 Å². The van der Waals surface area contributed by atoms with E-state index < -0.39 is 11.6 Å². The molecule has 0 saturated heterocycles. The van der Waals surface area contributed by atoms with Gasteiger partial charge in [0.1, 0.15) is 5.82 Å². The van der Waals surface area contributed by atoms with Gasteiger partial charge in [0.15, 0.2) is 11.6 Å². The molecule has 0 fully saturated rings. The van der Waals surface area contributed by atoms with E-state index in [-0.39, 0.29) is 6.04 Å². The minimum atomic E-state index is -0.817. The highest BCUT2D eigenvalue weighted by Gasteiger charge is 2.18. The molecule has 0 spiro atoms. The van der Waals surface area contributed by atoms with E-state index in [9.17, 15) is 8.78 Å².